The van der Waals surface area contributed by atoms with Crippen molar-refractivity contribution in [2.45, 2.75) is 6.29 Å². The van der Waals surface area contributed by atoms with Crippen LogP contribution < -0.4 is 2.81 Å². The second-order valence-corrected chi connectivity index (χ2v) is 5.10. The van der Waals surface area contributed by atoms with E-state index < -0.39 is 30.4 Å². The van der Waals surface area contributed by atoms with Gasteiger partial charge in [0, 0.05) is 0 Å². The minimum absolute atomic E-state index is 0. The van der Waals surface area contributed by atoms with E-state index in [0.29, 0.717) is 11.3 Å². The molecule has 2 N–H and O–H groups in total. The summed E-state index contributed by atoms with van der Waals surface area (Å²) in [7, 11) is 3.08. The number of carbonyl (C=O) groups is 1. The number of ether oxygens (including phenoxy) is 2. The third-order valence-corrected chi connectivity index (χ3v) is 4.17. The second kappa shape index (κ2) is 6.26. The van der Waals surface area contributed by atoms with Gasteiger partial charge in [-0.3, -0.25) is 0 Å². The predicted molar refractivity (Wildman–Crippen MR) is 58.6 cm³/mol. The van der Waals surface area contributed by atoms with E-state index in [-0.39, 0.29) is 11.4 Å². The molecule has 0 spiro atoms. The van der Waals surface area contributed by atoms with E-state index >= 15 is 0 Å². The fourth-order valence-electron chi connectivity index (χ4n) is 1.44. The van der Waals surface area contributed by atoms with E-state index in [1.54, 1.807) is 12.1 Å². The zero-order chi connectivity index (χ0) is 11.5. The molecule has 93 valence electrons. The molecule has 0 amide bonds. The first-order valence-electron chi connectivity index (χ1n) is 4.54. The third-order valence-electron chi connectivity index (χ3n) is 2.18. The normalized spacial score (nSPS) is 13.5. The summed E-state index contributed by atoms with van der Waals surface area (Å²) in [6, 6.07) is 5.24. The van der Waals surface area contributed by atoms with Crippen molar-refractivity contribution >= 4 is 30.1 Å². The van der Waals surface area contributed by atoms with Gasteiger partial charge in [0.15, 0.2) is 0 Å². The first-order valence-corrected chi connectivity index (χ1v) is 7.38. The van der Waals surface area contributed by atoms with E-state index in [4.69, 9.17) is 15.1 Å². The molecule has 0 atom stereocenters. The minimum Gasteiger partial charge on any atom is -0.412 e. The van der Waals surface area contributed by atoms with Gasteiger partial charge in [-0.2, -0.15) is 0 Å². The van der Waals surface area contributed by atoms with Crippen LogP contribution in [0.3, 0.4) is 0 Å². The molecule has 0 saturated heterocycles. The Morgan fingerprint density at radius 1 is 1.24 bits per heavy atom. The van der Waals surface area contributed by atoms with Crippen LogP contribution in [0.25, 0.3) is 0 Å². The molecular weight excluding hydrogens is 425 g/mol. The Bertz CT molecular complexity index is 404. The Morgan fingerprint density at radius 3 is 2.59 bits per heavy atom. The van der Waals surface area contributed by atoms with Gasteiger partial charge in [-0.05, 0) is 0 Å². The van der Waals surface area contributed by atoms with Crippen molar-refractivity contribution in [2.75, 3.05) is 14.2 Å². The van der Waals surface area contributed by atoms with Gasteiger partial charge < -0.3 is 5.48 Å². The predicted octanol–water partition coefficient (Wildman–Crippen LogP) is 0.237. The van der Waals surface area contributed by atoms with Crippen molar-refractivity contribution in [3.05, 3.63) is 29.3 Å². The van der Waals surface area contributed by atoms with Crippen LogP contribution in [0.15, 0.2) is 18.2 Å². The Balaban J connectivity index is 0.00000144. The third kappa shape index (κ3) is 2.93. The maximum Gasteiger partial charge on any atom is -0.412 e. The number of hydrogen-bond donors (Lipinski definition) is 0. The summed E-state index contributed by atoms with van der Waals surface area (Å²) in [5.41, 5.74) is 1.20. The standard InChI is InChI=1S/C10H12O5.Bi.H2O/c1-14-10(15-2)6-3-4-8(11)7(5-6)9(12)13;;/h3-5,10-11H,1-2H3,(H,12,13);;1H2/q;+2;/p-2. The molecule has 7 heteroatoms. The number of fused-ring (bicyclic) bond motifs is 1. The second-order valence-electron chi connectivity index (χ2n) is 3.10. The summed E-state index contributed by atoms with van der Waals surface area (Å²) in [6.45, 7) is 0. The van der Waals surface area contributed by atoms with Gasteiger partial charge in [-0.1, -0.05) is 0 Å². The summed E-state index contributed by atoms with van der Waals surface area (Å²) in [6.07, 6.45) is -0.485. The number of benzene rings is 1. The summed E-state index contributed by atoms with van der Waals surface area (Å²) < 4.78 is 20.5. The van der Waals surface area contributed by atoms with Crippen LogP contribution in [0.2, 0.25) is 0 Å². The summed E-state index contributed by atoms with van der Waals surface area (Å²) in [4.78, 5) is 11.5. The van der Waals surface area contributed by atoms with E-state index in [1.807, 2.05) is 6.07 Å². The van der Waals surface area contributed by atoms with Crippen molar-refractivity contribution in [1.82, 2.24) is 0 Å². The molecular formula is C10H12BiO6. The van der Waals surface area contributed by atoms with Gasteiger partial charge in [0.2, 0.25) is 0 Å². The minimum atomic E-state index is -1.55. The van der Waals surface area contributed by atoms with Crippen molar-refractivity contribution in [2.24, 2.45) is 0 Å². The molecule has 1 aliphatic rings. The van der Waals surface area contributed by atoms with Crippen molar-refractivity contribution < 1.29 is 25.4 Å². The SMILES string of the molecule is COC(OC)c1ccc2c(c1)C(=O)[O][Bi][O]2.O. The Hall–Kier alpha value is -0.747. The quantitative estimate of drug-likeness (QED) is 0.500. The Labute approximate surface area is 111 Å². The number of methoxy groups -OCH3 is 2. The van der Waals surface area contributed by atoms with Gasteiger partial charge in [0.05, 0.1) is 0 Å². The number of rotatable bonds is 3. The maximum atomic E-state index is 11.5. The van der Waals surface area contributed by atoms with Gasteiger partial charge in [-0.15, -0.1) is 0 Å². The van der Waals surface area contributed by atoms with Gasteiger partial charge in [-0.25, -0.2) is 0 Å². The largest absolute Gasteiger partial charge is 0.412 e. The van der Waals surface area contributed by atoms with E-state index in [2.05, 4.69) is 0 Å². The average Bonchev–Trinajstić information content (AvgIpc) is 2.32. The fourth-order valence-corrected chi connectivity index (χ4v) is 3.16. The molecule has 0 aliphatic carbocycles. The molecule has 0 fully saturated rings. The maximum absolute atomic E-state index is 11.5. The van der Waals surface area contributed by atoms with E-state index in [1.165, 1.54) is 14.2 Å². The molecule has 0 bridgehead atoms. The van der Waals surface area contributed by atoms with Gasteiger partial charge in [0.1, 0.15) is 0 Å². The van der Waals surface area contributed by atoms with E-state index in [9.17, 15) is 4.79 Å². The van der Waals surface area contributed by atoms with Crippen molar-refractivity contribution in [3.8, 4) is 5.75 Å². The van der Waals surface area contributed by atoms with Crippen molar-refractivity contribution in [3.63, 3.8) is 0 Å². The molecule has 0 saturated carbocycles. The smallest absolute Gasteiger partial charge is 0.412 e. The molecule has 2 rings (SSSR count). The van der Waals surface area contributed by atoms with Gasteiger partial charge >= 0.3 is 106 Å². The van der Waals surface area contributed by atoms with Crippen LogP contribution >= 0.6 is 0 Å². The van der Waals surface area contributed by atoms with Crippen LogP contribution in [0.5, 0.6) is 5.75 Å². The summed E-state index contributed by atoms with van der Waals surface area (Å²) in [5.74, 6) is 0.286. The molecule has 17 heavy (non-hydrogen) atoms. The molecule has 1 aliphatic heterocycles. The van der Waals surface area contributed by atoms with Crippen LogP contribution in [0, 0.1) is 0 Å². The monoisotopic (exact) mass is 437 g/mol. The zero-order valence-electron chi connectivity index (χ0n) is 9.30. The van der Waals surface area contributed by atoms with Gasteiger partial charge in [0.25, 0.3) is 0 Å². The number of carbonyl (C=O) groups excluding carboxylic acids is 1. The van der Waals surface area contributed by atoms with E-state index in [0.717, 1.165) is 5.56 Å². The van der Waals surface area contributed by atoms with Crippen molar-refractivity contribution in [1.29, 1.82) is 0 Å². The molecule has 1 heterocycles. The first-order chi connectivity index (χ1) is 7.76. The topological polar surface area (TPSA) is 85.5 Å². The fraction of sp³-hybridized carbons (Fsp3) is 0.300. The Morgan fingerprint density at radius 2 is 1.94 bits per heavy atom. The molecule has 1 radical (unpaired) electrons. The van der Waals surface area contributed by atoms with Crippen LogP contribution in [0.1, 0.15) is 22.2 Å². The zero-order valence-corrected chi connectivity index (χ0v) is 12.8. The van der Waals surface area contributed by atoms with Crippen LogP contribution in [0.4, 0.5) is 0 Å². The molecule has 1 aromatic rings. The summed E-state index contributed by atoms with van der Waals surface area (Å²) in [5, 5.41) is 0. The van der Waals surface area contributed by atoms with Crippen LogP contribution in [-0.4, -0.2) is 49.8 Å². The van der Waals surface area contributed by atoms with Crippen LogP contribution in [-0.2, 0) is 12.3 Å². The molecule has 1 aromatic carbocycles. The molecule has 0 unspecified atom stereocenters. The molecule has 6 nitrogen and oxygen atoms in total. The molecule has 0 aromatic heterocycles. The first kappa shape index (κ1) is 14.3. The Kier molecular flexibility index (Phi) is 5.27. The number of hydrogen-bond acceptors (Lipinski definition) is 5. The average molecular weight is 437 g/mol. The summed E-state index contributed by atoms with van der Waals surface area (Å²) >= 11 is -1.55.